The molecule has 0 heterocycles. The Hall–Kier alpha value is 0.870. The van der Waals surface area contributed by atoms with Crippen LogP contribution in [-0.4, -0.2) is 0 Å². The second-order valence-electron chi connectivity index (χ2n) is 0. The Kier molecular flexibility index (Phi) is 1010. The Balaban J connectivity index is 0. The molecule has 0 atom stereocenters. The summed E-state index contributed by atoms with van der Waals surface area (Å²) >= 11 is 0. The van der Waals surface area contributed by atoms with Crippen LogP contribution in [0.2, 0.25) is 0 Å². The maximum absolute atomic E-state index is 0. The van der Waals surface area contributed by atoms with Crippen molar-refractivity contribution in [1.82, 2.24) is 0 Å². The summed E-state index contributed by atoms with van der Waals surface area (Å²) in [6, 6.07) is 0. The zero-order valence-corrected chi connectivity index (χ0v) is 4.38. The fraction of sp³-hybridized carbons (Fsp3) is 0. The molecule has 0 N–H and O–H groups in total. The molecule has 0 rings (SSSR count). The summed E-state index contributed by atoms with van der Waals surface area (Å²) in [7, 11) is 0. The molecule has 3 heteroatoms. The van der Waals surface area contributed by atoms with Crippen LogP contribution in [0, 0.1) is 7.43 Å². The molecule has 0 amide bonds. The Morgan fingerprint density at radius 2 is 0.500 bits per heavy atom. The van der Waals surface area contributed by atoms with Crippen LogP contribution in [0.3, 0.4) is 0 Å². The maximum atomic E-state index is 0. The highest BCUT2D eigenvalue weighted by Crippen LogP contribution is 0.692. The van der Waals surface area contributed by atoms with Crippen molar-refractivity contribution in [3.8, 4) is 0 Å². The summed E-state index contributed by atoms with van der Waals surface area (Å²) < 4.78 is 0. The van der Waals surface area contributed by atoms with Crippen molar-refractivity contribution in [2.24, 2.45) is 0 Å². The lowest BCUT2D eigenvalue weighted by atomic mass is 12.0. The van der Waals surface area contributed by atoms with E-state index in [0.29, 0.717) is 0 Å². The van der Waals surface area contributed by atoms with E-state index in [1.165, 1.54) is 0 Å². The van der Waals surface area contributed by atoms with Crippen LogP contribution < -0.4 is 0 Å². The van der Waals surface area contributed by atoms with Crippen molar-refractivity contribution in [2.75, 3.05) is 0 Å². The zero-order valence-electron chi connectivity index (χ0n) is 1.93. The molecule has 2 radical (unpaired) electrons. The van der Waals surface area contributed by atoms with E-state index in [1.54, 1.807) is 0 Å². The van der Waals surface area contributed by atoms with E-state index in [0.717, 1.165) is 0 Å². The maximum Gasteiger partial charge on any atom is -0.0533 e. The Morgan fingerprint density at radius 1 is 0.500 bits per heavy atom. The van der Waals surface area contributed by atoms with Gasteiger partial charge in [0, 0.05) is 0 Å². The van der Waals surface area contributed by atoms with Crippen molar-refractivity contribution in [2.45, 2.75) is 0 Å². The third-order valence-electron chi connectivity index (χ3n) is 0. The molecular formula is CH5Cl3. The smallest absolute Gasteiger partial charge is 0.0533 e. The molecule has 30 valence electrons. The van der Waals surface area contributed by atoms with Gasteiger partial charge >= 0.3 is 0 Å². The lowest BCUT2D eigenvalue weighted by Crippen LogP contribution is 0.0813. The molecule has 0 aliphatic rings. The molecule has 0 spiro atoms. The van der Waals surface area contributed by atoms with Crippen LogP contribution in [-0.2, 0) is 0 Å². The van der Waals surface area contributed by atoms with Gasteiger partial charge in [0.05, 0.1) is 0 Å². The molecule has 0 saturated carbocycles. The van der Waals surface area contributed by atoms with Gasteiger partial charge in [-0.05, 0) is 0 Å². The first-order valence-corrected chi connectivity index (χ1v) is 0. The second-order valence-corrected chi connectivity index (χ2v) is 0. The predicted octanol–water partition coefficient (Wildman–Crippen LogP) is 1.59. The van der Waals surface area contributed by atoms with E-state index < -0.39 is 0 Å². The highest BCUT2D eigenvalue weighted by molar-refractivity contribution is 5.86. The van der Waals surface area contributed by atoms with Gasteiger partial charge in [-0.15, -0.1) is 37.2 Å². The van der Waals surface area contributed by atoms with Gasteiger partial charge in [-0.25, -0.2) is 0 Å². The zero-order chi connectivity index (χ0) is 0. The van der Waals surface area contributed by atoms with Gasteiger partial charge in [0.2, 0.25) is 0 Å². The Bertz CT molecular complexity index is 3.25. The van der Waals surface area contributed by atoms with Crippen molar-refractivity contribution in [1.29, 1.82) is 0 Å². The predicted molar refractivity (Wildman–Crippen MR) is 27.1 cm³/mol. The Labute approximate surface area is 45.2 Å². The third kappa shape index (κ3) is 13.3. The highest BCUT2D eigenvalue weighted by atomic mass is 35.5. The van der Waals surface area contributed by atoms with E-state index in [2.05, 4.69) is 0 Å². The topological polar surface area (TPSA) is 0 Å². The van der Waals surface area contributed by atoms with E-state index in [1.807, 2.05) is 0 Å². The van der Waals surface area contributed by atoms with Gasteiger partial charge in [-0.3, -0.25) is 0 Å². The van der Waals surface area contributed by atoms with Crippen molar-refractivity contribution >= 4 is 37.2 Å². The van der Waals surface area contributed by atoms with Gasteiger partial charge in [0.15, 0.2) is 0 Å². The van der Waals surface area contributed by atoms with E-state index in [4.69, 9.17) is 0 Å². The fourth-order valence-electron chi connectivity index (χ4n) is 0. The fourth-order valence-corrected chi connectivity index (χ4v) is 0. The first-order valence-electron chi connectivity index (χ1n) is 0. The van der Waals surface area contributed by atoms with Gasteiger partial charge in [0.25, 0.3) is 0 Å². The number of hydrogen-bond acceptors (Lipinski definition) is 0. The van der Waals surface area contributed by atoms with Gasteiger partial charge < -0.3 is 0 Å². The average Bonchev–Trinajstić information content (AvgIpc) is 0. The van der Waals surface area contributed by atoms with E-state index in [9.17, 15) is 0 Å². The average molecular weight is 123 g/mol. The summed E-state index contributed by atoms with van der Waals surface area (Å²) in [4.78, 5) is 0. The Morgan fingerprint density at radius 3 is 0.500 bits per heavy atom. The SMILES string of the molecule is Cl.Cl.Cl.[CH2]. The summed E-state index contributed by atoms with van der Waals surface area (Å²) in [5, 5.41) is 0. The molecule has 0 bridgehead atoms. The highest BCUT2D eigenvalue weighted by Gasteiger charge is -0.0533. The molecule has 4 heavy (non-hydrogen) atoms. The first kappa shape index (κ1) is 96.4. The second kappa shape index (κ2) is 42.1. The molecule has 0 unspecified atom stereocenters. The molecule has 0 aromatic rings. The van der Waals surface area contributed by atoms with Gasteiger partial charge in [0.1, 0.15) is 0 Å². The molecule has 0 aromatic carbocycles. The molecule has 0 aliphatic heterocycles. The number of hydrogen-bond donors (Lipinski definition) is 0. The molecule has 0 fully saturated rings. The van der Waals surface area contributed by atoms with Crippen LogP contribution in [0.15, 0.2) is 0 Å². The third-order valence-corrected chi connectivity index (χ3v) is 0. The minimum atomic E-state index is 0. The molecule has 0 aliphatic carbocycles. The molecule has 0 saturated heterocycles. The monoisotopic (exact) mass is 122 g/mol. The lowest BCUT2D eigenvalue weighted by molar-refractivity contribution is 3.24. The summed E-state index contributed by atoms with van der Waals surface area (Å²) in [6.45, 7) is 0. The lowest BCUT2D eigenvalue weighted by Gasteiger charge is -0.148. The summed E-state index contributed by atoms with van der Waals surface area (Å²) in [5.41, 5.74) is 0. The molecular weight excluding hydrogens is 118 g/mol. The van der Waals surface area contributed by atoms with Crippen molar-refractivity contribution < 1.29 is 0 Å². The van der Waals surface area contributed by atoms with Crippen LogP contribution in [0.1, 0.15) is 0 Å². The van der Waals surface area contributed by atoms with Crippen molar-refractivity contribution in [3.63, 3.8) is 0 Å². The minimum Gasteiger partial charge on any atom is -0.147 e. The minimum absolute atomic E-state index is 0. The van der Waals surface area contributed by atoms with Crippen LogP contribution >= 0.6 is 37.2 Å². The summed E-state index contributed by atoms with van der Waals surface area (Å²) in [5.74, 6) is 0. The quantitative estimate of drug-likeness (QED) is 0.459. The molecule has 0 nitrogen and oxygen atoms in total. The van der Waals surface area contributed by atoms with E-state index >= 15 is 0 Å². The normalized spacial score (nSPS) is 0. The molecule has 0 aromatic heterocycles. The largest absolute Gasteiger partial charge is 0.147 e. The van der Waals surface area contributed by atoms with Crippen molar-refractivity contribution in [3.05, 3.63) is 7.43 Å². The van der Waals surface area contributed by atoms with Crippen LogP contribution in [0.5, 0.6) is 0 Å². The summed E-state index contributed by atoms with van der Waals surface area (Å²) in [6.07, 6.45) is 0. The van der Waals surface area contributed by atoms with Gasteiger partial charge in [-0.1, -0.05) is 7.43 Å². The van der Waals surface area contributed by atoms with Crippen LogP contribution in [0.4, 0.5) is 0 Å². The first-order chi connectivity index (χ1) is 0. The van der Waals surface area contributed by atoms with Crippen LogP contribution in [0.25, 0.3) is 0 Å². The van der Waals surface area contributed by atoms with E-state index in [-0.39, 0.29) is 44.6 Å². The standard InChI is InChI=1S/CH2.3ClH/h1H2;3*1H. The number of rotatable bonds is 0. The number of halogens is 3. The van der Waals surface area contributed by atoms with Gasteiger partial charge in [-0.2, -0.15) is 0 Å².